The summed E-state index contributed by atoms with van der Waals surface area (Å²) in [5.41, 5.74) is 0.126. The second-order valence-corrected chi connectivity index (χ2v) is 5.00. The topological polar surface area (TPSA) is 32.3 Å². The maximum absolute atomic E-state index is 13.7. The highest BCUT2D eigenvalue weighted by Gasteiger charge is 2.27. The first-order valence-corrected chi connectivity index (χ1v) is 6.36. The van der Waals surface area contributed by atoms with Gasteiger partial charge in [-0.15, -0.1) is 0 Å². The Morgan fingerprint density at radius 3 is 3.00 bits per heavy atom. The van der Waals surface area contributed by atoms with E-state index in [1.165, 1.54) is 6.07 Å². The average molecular weight is 301 g/mol. The van der Waals surface area contributed by atoms with E-state index in [1.54, 1.807) is 17.0 Å². The Balaban J connectivity index is 2.30. The third kappa shape index (κ3) is 2.50. The van der Waals surface area contributed by atoms with E-state index in [1.807, 2.05) is 6.92 Å². The van der Waals surface area contributed by atoms with Gasteiger partial charge in [-0.1, -0.05) is 6.07 Å². The fourth-order valence-corrected chi connectivity index (χ4v) is 2.50. The van der Waals surface area contributed by atoms with E-state index in [2.05, 4.69) is 21.2 Å². The van der Waals surface area contributed by atoms with Crippen molar-refractivity contribution in [3.8, 4) is 0 Å². The summed E-state index contributed by atoms with van der Waals surface area (Å²) in [6.07, 6.45) is 0. The smallest absolute Gasteiger partial charge is 0.258 e. The summed E-state index contributed by atoms with van der Waals surface area (Å²) in [7, 11) is 0. The Morgan fingerprint density at radius 2 is 2.35 bits per heavy atom. The van der Waals surface area contributed by atoms with Gasteiger partial charge >= 0.3 is 0 Å². The molecule has 0 aromatic heterocycles. The standard InChI is InChI=1S/C12H14BrFN2O/c1-8-7-15-5-6-16(8)12(17)11-9(13)3-2-4-10(11)14/h2-4,8,15H,5-7H2,1H3. The highest BCUT2D eigenvalue weighted by Crippen LogP contribution is 2.22. The fourth-order valence-electron chi connectivity index (χ4n) is 1.99. The maximum Gasteiger partial charge on any atom is 0.258 e. The molecule has 1 aliphatic rings. The van der Waals surface area contributed by atoms with Gasteiger partial charge in [-0.2, -0.15) is 0 Å². The number of piperazine rings is 1. The number of hydrogen-bond donors (Lipinski definition) is 1. The van der Waals surface area contributed by atoms with Crippen LogP contribution in [0.2, 0.25) is 0 Å². The minimum atomic E-state index is -0.477. The highest BCUT2D eigenvalue weighted by molar-refractivity contribution is 9.10. The van der Waals surface area contributed by atoms with E-state index < -0.39 is 5.82 Å². The molecule has 1 fully saturated rings. The zero-order valence-corrected chi connectivity index (χ0v) is 11.1. The maximum atomic E-state index is 13.7. The predicted octanol–water partition coefficient (Wildman–Crippen LogP) is 2.02. The summed E-state index contributed by atoms with van der Waals surface area (Å²) in [6, 6.07) is 4.66. The molecule has 1 atom stereocenters. The van der Waals surface area contributed by atoms with Gasteiger partial charge in [-0.25, -0.2) is 4.39 Å². The number of rotatable bonds is 1. The second kappa shape index (κ2) is 5.14. The minimum Gasteiger partial charge on any atom is -0.333 e. The molecule has 17 heavy (non-hydrogen) atoms. The van der Waals surface area contributed by atoms with Crippen molar-refractivity contribution in [2.75, 3.05) is 19.6 Å². The number of carbonyl (C=O) groups is 1. The van der Waals surface area contributed by atoms with E-state index >= 15 is 0 Å². The van der Waals surface area contributed by atoms with Gasteiger partial charge in [0.25, 0.3) is 5.91 Å². The molecule has 0 saturated carbocycles. The van der Waals surface area contributed by atoms with E-state index in [-0.39, 0.29) is 17.5 Å². The second-order valence-electron chi connectivity index (χ2n) is 4.15. The number of halogens is 2. The summed E-state index contributed by atoms with van der Waals surface area (Å²) in [4.78, 5) is 14.0. The zero-order chi connectivity index (χ0) is 12.4. The van der Waals surface area contributed by atoms with Crippen LogP contribution < -0.4 is 5.32 Å². The van der Waals surface area contributed by atoms with Crippen molar-refractivity contribution in [2.45, 2.75) is 13.0 Å². The highest BCUT2D eigenvalue weighted by atomic mass is 79.9. The van der Waals surface area contributed by atoms with Crippen LogP contribution in [0.1, 0.15) is 17.3 Å². The Bertz CT molecular complexity index is 418. The lowest BCUT2D eigenvalue weighted by Gasteiger charge is -2.34. The largest absolute Gasteiger partial charge is 0.333 e. The molecule has 1 saturated heterocycles. The molecule has 1 aliphatic heterocycles. The van der Waals surface area contributed by atoms with Crippen LogP contribution in [0.3, 0.4) is 0 Å². The average Bonchev–Trinajstić information content (AvgIpc) is 2.29. The van der Waals surface area contributed by atoms with Crippen LogP contribution in [0.4, 0.5) is 4.39 Å². The zero-order valence-electron chi connectivity index (χ0n) is 9.54. The molecule has 2 rings (SSSR count). The van der Waals surface area contributed by atoms with E-state index in [0.29, 0.717) is 11.0 Å². The summed E-state index contributed by atoms with van der Waals surface area (Å²) in [5.74, 6) is -0.723. The van der Waals surface area contributed by atoms with Crippen molar-refractivity contribution in [1.82, 2.24) is 10.2 Å². The lowest BCUT2D eigenvalue weighted by Crippen LogP contribution is -2.52. The number of benzene rings is 1. The normalized spacial score (nSPS) is 20.4. The molecule has 3 nitrogen and oxygen atoms in total. The molecule has 1 aromatic rings. The van der Waals surface area contributed by atoms with Crippen LogP contribution >= 0.6 is 15.9 Å². The van der Waals surface area contributed by atoms with Gasteiger partial charge < -0.3 is 10.2 Å². The van der Waals surface area contributed by atoms with Crippen LogP contribution in [-0.4, -0.2) is 36.5 Å². The molecular formula is C12H14BrFN2O. The third-order valence-electron chi connectivity index (χ3n) is 2.94. The molecule has 0 radical (unpaired) electrons. The van der Waals surface area contributed by atoms with Crippen LogP contribution in [-0.2, 0) is 0 Å². The van der Waals surface area contributed by atoms with Crippen LogP contribution in [0.5, 0.6) is 0 Å². The first-order valence-electron chi connectivity index (χ1n) is 5.57. The van der Waals surface area contributed by atoms with Crippen molar-refractivity contribution in [3.05, 3.63) is 34.1 Å². The van der Waals surface area contributed by atoms with Crippen LogP contribution in [0, 0.1) is 5.82 Å². The van der Waals surface area contributed by atoms with Gasteiger partial charge in [0.1, 0.15) is 5.82 Å². The predicted molar refractivity (Wildman–Crippen MR) is 67.5 cm³/mol. The number of nitrogens with one attached hydrogen (secondary N) is 1. The molecule has 1 amide bonds. The number of nitrogens with zero attached hydrogens (tertiary/aromatic N) is 1. The summed E-state index contributed by atoms with van der Waals surface area (Å²) >= 11 is 3.23. The Labute approximate surface area is 108 Å². The molecule has 0 bridgehead atoms. The van der Waals surface area contributed by atoms with Crippen molar-refractivity contribution in [2.24, 2.45) is 0 Å². The van der Waals surface area contributed by atoms with Gasteiger partial charge in [0, 0.05) is 30.1 Å². The summed E-state index contributed by atoms with van der Waals surface area (Å²) in [5, 5.41) is 3.20. The van der Waals surface area contributed by atoms with Crippen LogP contribution in [0.25, 0.3) is 0 Å². The quantitative estimate of drug-likeness (QED) is 0.861. The Hall–Kier alpha value is -0.940. The van der Waals surface area contributed by atoms with Gasteiger partial charge in [-0.3, -0.25) is 4.79 Å². The molecule has 1 aromatic carbocycles. The lowest BCUT2D eigenvalue weighted by molar-refractivity contribution is 0.0650. The monoisotopic (exact) mass is 300 g/mol. The van der Waals surface area contributed by atoms with E-state index in [0.717, 1.165) is 13.1 Å². The summed E-state index contributed by atoms with van der Waals surface area (Å²) in [6.45, 7) is 4.07. The SMILES string of the molecule is CC1CNCCN1C(=O)c1c(F)cccc1Br. The molecule has 1 heterocycles. The first-order chi connectivity index (χ1) is 8.11. The van der Waals surface area contributed by atoms with Crippen molar-refractivity contribution >= 4 is 21.8 Å². The minimum absolute atomic E-state index is 0.0859. The number of hydrogen-bond acceptors (Lipinski definition) is 2. The van der Waals surface area contributed by atoms with E-state index in [9.17, 15) is 9.18 Å². The molecule has 92 valence electrons. The molecule has 0 aliphatic carbocycles. The van der Waals surface area contributed by atoms with Gasteiger partial charge in [0.05, 0.1) is 5.56 Å². The molecule has 5 heteroatoms. The van der Waals surface area contributed by atoms with Crippen molar-refractivity contribution < 1.29 is 9.18 Å². The van der Waals surface area contributed by atoms with Crippen molar-refractivity contribution in [1.29, 1.82) is 0 Å². The van der Waals surface area contributed by atoms with Gasteiger partial charge in [0.2, 0.25) is 0 Å². The number of amides is 1. The molecule has 1 unspecified atom stereocenters. The van der Waals surface area contributed by atoms with Crippen LogP contribution in [0.15, 0.2) is 22.7 Å². The van der Waals surface area contributed by atoms with Crippen molar-refractivity contribution in [3.63, 3.8) is 0 Å². The first kappa shape index (κ1) is 12.5. The van der Waals surface area contributed by atoms with Gasteiger partial charge in [-0.05, 0) is 35.0 Å². The molecule has 0 spiro atoms. The number of carbonyl (C=O) groups excluding carboxylic acids is 1. The Kier molecular flexibility index (Phi) is 3.79. The fraction of sp³-hybridized carbons (Fsp3) is 0.417. The Morgan fingerprint density at radius 1 is 1.59 bits per heavy atom. The van der Waals surface area contributed by atoms with Gasteiger partial charge in [0.15, 0.2) is 0 Å². The summed E-state index contributed by atoms with van der Waals surface area (Å²) < 4.78 is 14.2. The third-order valence-corrected chi connectivity index (χ3v) is 3.60. The molecular weight excluding hydrogens is 287 g/mol. The molecule has 1 N–H and O–H groups in total. The lowest BCUT2D eigenvalue weighted by atomic mass is 10.1. The van der Waals surface area contributed by atoms with E-state index in [4.69, 9.17) is 0 Å².